The normalized spacial score (nSPS) is 15.1. The molecule has 2 amide bonds. The largest absolute Gasteiger partial charge is 0.497 e. The standard InChI is InChI=1S/C27H25N5O6/c1-36-18-11-9-17(10-12-18)31-24(33)15-21(26(31)35)29-30-27-28-20-14-23(38-3)22(37-2)13-19(20)25(34)32(27)16-7-5-4-6-8-16/h4-14,21,29H,15H2,1-3H3,(H,28,30)/t21-/m1/s1. The molecule has 3 aromatic carbocycles. The van der Waals surface area contributed by atoms with E-state index in [2.05, 4.69) is 15.8 Å². The highest BCUT2D eigenvalue weighted by molar-refractivity contribution is 6.22. The summed E-state index contributed by atoms with van der Waals surface area (Å²) in [5.41, 5.74) is 6.79. The van der Waals surface area contributed by atoms with E-state index in [1.54, 1.807) is 60.7 Å². The lowest BCUT2D eigenvalue weighted by molar-refractivity contribution is -0.121. The number of nitrogens with one attached hydrogen (secondary N) is 2. The second kappa shape index (κ2) is 10.2. The smallest absolute Gasteiger partial charge is 0.267 e. The van der Waals surface area contributed by atoms with E-state index in [1.807, 2.05) is 6.07 Å². The molecule has 2 N–H and O–H groups in total. The average molecular weight is 516 g/mol. The minimum Gasteiger partial charge on any atom is -0.497 e. The van der Waals surface area contributed by atoms with Crippen LogP contribution in [0, 0.1) is 0 Å². The fourth-order valence-electron chi connectivity index (χ4n) is 4.31. The minimum absolute atomic E-state index is 0.0773. The van der Waals surface area contributed by atoms with Crippen LogP contribution in [0.3, 0.4) is 0 Å². The van der Waals surface area contributed by atoms with Crippen LogP contribution < -0.4 is 35.5 Å². The molecule has 0 aliphatic carbocycles. The highest BCUT2D eigenvalue weighted by atomic mass is 16.5. The number of rotatable bonds is 8. The van der Waals surface area contributed by atoms with Gasteiger partial charge in [-0.15, -0.1) is 0 Å². The van der Waals surface area contributed by atoms with Crippen LogP contribution in [-0.2, 0) is 9.59 Å². The van der Waals surface area contributed by atoms with Crippen LogP contribution in [0.5, 0.6) is 17.2 Å². The van der Waals surface area contributed by atoms with Crippen LogP contribution in [0.25, 0.3) is 16.6 Å². The number of anilines is 2. The number of nitrogens with zero attached hydrogens (tertiary/aromatic N) is 3. The molecule has 11 heteroatoms. The van der Waals surface area contributed by atoms with E-state index in [-0.39, 0.29) is 23.8 Å². The van der Waals surface area contributed by atoms with Crippen LogP contribution in [0.1, 0.15) is 6.42 Å². The van der Waals surface area contributed by atoms with Crippen molar-refractivity contribution in [3.63, 3.8) is 0 Å². The quantitative estimate of drug-likeness (QED) is 0.269. The number of hydrogen-bond donors (Lipinski definition) is 2. The molecule has 1 saturated heterocycles. The van der Waals surface area contributed by atoms with Gasteiger partial charge in [0.1, 0.15) is 11.8 Å². The number of imide groups is 1. The van der Waals surface area contributed by atoms with Crippen LogP contribution in [-0.4, -0.2) is 48.7 Å². The molecule has 4 aromatic rings. The summed E-state index contributed by atoms with van der Waals surface area (Å²) >= 11 is 0. The zero-order chi connectivity index (χ0) is 26.8. The first-order valence-electron chi connectivity index (χ1n) is 11.7. The first kappa shape index (κ1) is 24.8. The maximum absolute atomic E-state index is 13.6. The summed E-state index contributed by atoms with van der Waals surface area (Å²) in [5, 5.41) is 0.315. The molecule has 1 aliphatic heterocycles. The Morgan fingerprint density at radius 1 is 0.842 bits per heavy atom. The molecule has 0 saturated carbocycles. The van der Waals surface area contributed by atoms with E-state index in [1.165, 1.54) is 25.9 Å². The second-order valence-corrected chi connectivity index (χ2v) is 8.43. The number of ether oxygens (including phenoxy) is 3. The molecule has 1 aromatic heterocycles. The van der Waals surface area contributed by atoms with Gasteiger partial charge >= 0.3 is 0 Å². The molecule has 38 heavy (non-hydrogen) atoms. The van der Waals surface area contributed by atoms with E-state index >= 15 is 0 Å². The summed E-state index contributed by atoms with van der Waals surface area (Å²) in [5.74, 6) is 0.751. The zero-order valence-electron chi connectivity index (χ0n) is 20.9. The van der Waals surface area contributed by atoms with Gasteiger partial charge in [-0.05, 0) is 42.5 Å². The summed E-state index contributed by atoms with van der Waals surface area (Å²) in [4.78, 5) is 45.2. The van der Waals surface area contributed by atoms with Crippen molar-refractivity contribution in [3.05, 3.63) is 77.1 Å². The van der Waals surface area contributed by atoms with Gasteiger partial charge in [0, 0.05) is 6.07 Å². The molecule has 0 bridgehead atoms. The SMILES string of the molecule is COc1ccc(N2C(=O)C[C@@H](NNc3nc4cc(OC)c(OC)cc4c(=O)n3-c3ccccc3)C2=O)cc1. The predicted molar refractivity (Wildman–Crippen MR) is 141 cm³/mol. The van der Waals surface area contributed by atoms with Gasteiger partial charge in [0.2, 0.25) is 11.9 Å². The fourth-order valence-corrected chi connectivity index (χ4v) is 4.31. The molecule has 5 rings (SSSR count). The minimum atomic E-state index is -0.883. The van der Waals surface area contributed by atoms with E-state index in [0.717, 1.165) is 4.90 Å². The van der Waals surface area contributed by atoms with Crippen molar-refractivity contribution in [3.8, 4) is 22.9 Å². The van der Waals surface area contributed by atoms with E-state index in [9.17, 15) is 14.4 Å². The third kappa shape index (κ3) is 4.39. The number of benzene rings is 3. The average Bonchev–Trinajstić information content (AvgIpc) is 3.24. The van der Waals surface area contributed by atoms with Crippen molar-refractivity contribution in [2.45, 2.75) is 12.5 Å². The first-order valence-corrected chi connectivity index (χ1v) is 11.7. The lowest BCUT2D eigenvalue weighted by Gasteiger charge is -2.19. The van der Waals surface area contributed by atoms with E-state index in [4.69, 9.17) is 14.2 Å². The lowest BCUT2D eigenvalue weighted by Crippen LogP contribution is -2.42. The number of aromatic nitrogens is 2. The van der Waals surface area contributed by atoms with Gasteiger partial charge in [-0.2, -0.15) is 0 Å². The van der Waals surface area contributed by atoms with Gasteiger partial charge in [-0.3, -0.25) is 19.8 Å². The van der Waals surface area contributed by atoms with Gasteiger partial charge in [-0.25, -0.2) is 19.9 Å². The Labute approximate surface area is 217 Å². The van der Waals surface area contributed by atoms with Crippen molar-refractivity contribution in [2.24, 2.45) is 0 Å². The fraction of sp³-hybridized carbons (Fsp3) is 0.185. The van der Waals surface area contributed by atoms with Crippen molar-refractivity contribution >= 4 is 34.4 Å². The Morgan fingerprint density at radius 3 is 2.18 bits per heavy atom. The molecule has 194 valence electrons. The Hall–Kier alpha value is -4.90. The molecular formula is C27H25N5O6. The number of hydrazine groups is 1. The highest BCUT2D eigenvalue weighted by Crippen LogP contribution is 2.31. The molecule has 2 heterocycles. The summed E-state index contributed by atoms with van der Waals surface area (Å²) in [7, 11) is 4.52. The number of amides is 2. The Morgan fingerprint density at radius 2 is 1.53 bits per heavy atom. The van der Waals surface area contributed by atoms with E-state index < -0.39 is 11.9 Å². The monoisotopic (exact) mass is 515 g/mol. The summed E-state index contributed by atoms with van der Waals surface area (Å²) in [6, 6.07) is 17.9. The highest BCUT2D eigenvalue weighted by Gasteiger charge is 2.39. The molecule has 11 nitrogen and oxygen atoms in total. The third-order valence-electron chi connectivity index (χ3n) is 6.22. The molecule has 1 fully saturated rings. The van der Waals surface area contributed by atoms with Crippen molar-refractivity contribution in [1.82, 2.24) is 15.0 Å². The van der Waals surface area contributed by atoms with Gasteiger partial charge in [-0.1, -0.05) is 18.2 Å². The van der Waals surface area contributed by atoms with Crippen molar-refractivity contribution in [2.75, 3.05) is 31.7 Å². The van der Waals surface area contributed by atoms with Crippen LogP contribution in [0.4, 0.5) is 11.6 Å². The maximum Gasteiger partial charge on any atom is 0.267 e. The Kier molecular flexibility index (Phi) is 6.67. The van der Waals surface area contributed by atoms with Crippen LogP contribution >= 0.6 is 0 Å². The molecule has 0 unspecified atom stereocenters. The molecular weight excluding hydrogens is 490 g/mol. The van der Waals surface area contributed by atoms with Crippen molar-refractivity contribution < 1.29 is 23.8 Å². The first-order chi connectivity index (χ1) is 18.4. The maximum atomic E-state index is 13.6. The Balaban J connectivity index is 1.49. The Bertz CT molecular complexity index is 1570. The number of methoxy groups -OCH3 is 3. The number of carbonyl (C=O) groups excluding carboxylic acids is 2. The number of hydrogen-bond acceptors (Lipinski definition) is 9. The molecule has 1 atom stereocenters. The summed E-state index contributed by atoms with van der Waals surface area (Å²) in [6.45, 7) is 0. The topological polar surface area (TPSA) is 124 Å². The van der Waals surface area contributed by atoms with Gasteiger partial charge in [0.15, 0.2) is 11.5 Å². The van der Waals surface area contributed by atoms with Gasteiger partial charge in [0.25, 0.3) is 11.5 Å². The van der Waals surface area contributed by atoms with Crippen LogP contribution in [0.15, 0.2) is 71.5 Å². The van der Waals surface area contributed by atoms with Gasteiger partial charge < -0.3 is 14.2 Å². The summed E-state index contributed by atoms with van der Waals surface area (Å²) < 4.78 is 17.3. The van der Waals surface area contributed by atoms with E-state index in [0.29, 0.717) is 39.5 Å². The number of carbonyl (C=O) groups is 2. The number of fused-ring (bicyclic) bond motifs is 1. The molecule has 0 spiro atoms. The molecule has 1 aliphatic rings. The number of para-hydroxylation sites is 1. The zero-order valence-corrected chi connectivity index (χ0v) is 20.9. The van der Waals surface area contributed by atoms with Crippen LogP contribution in [0.2, 0.25) is 0 Å². The second-order valence-electron chi connectivity index (χ2n) is 8.43. The lowest BCUT2D eigenvalue weighted by atomic mass is 10.2. The third-order valence-corrected chi connectivity index (χ3v) is 6.22. The molecule has 0 radical (unpaired) electrons. The summed E-state index contributed by atoms with van der Waals surface area (Å²) in [6.07, 6.45) is -0.0773. The predicted octanol–water partition coefficient (Wildman–Crippen LogP) is 2.66. The van der Waals surface area contributed by atoms with Crippen molar-refractivity contribution in [1.29, 1.82) is 0 Å². The van der Waals surface area contributed by atoms with Gasteiger partial charge in [0.05, 0.1) is 50.0 Å².